The van der Waals surface area contributed by atoms with Gasteiger partial charge in [-0.05, 0) is 54.9 Å². The molecule has 1 saturated carbocycles. The van der Waals surface area contributed by atoms with Crippen LogP contribution in [0.3, 0.4) is 0 Å². The largest absolute Gasteiger partial charge is 0.349 e. The van der Waals surface area contributed by atoms with Crippen LogP contribution in [0.2, 0.25) is 0 Å². The van der Waals surface area contributed by atoms with Gasteiger partial charge in [0, 0.05) is 24.7 Å². The fourth-order valence-electron chi connectivity index (χ4n) is 3.71. The highest BCUT2D eigenvalue weighted by atomic mass is 35.5. The van der Waals surface area contributed by atoms with Crippen LogP contribution in [-0.4, -0.2) is 11.9 Å². The number of amides is 1. The molecule has 1 aromatic rings. The van der Waals surface area contributed by atoms with Gasteiger partial charge in [-0.25, -0.2) is 0 Å². The number of fused-ring (bicyclic) bond motifs is 1. The van der Waals surface area contributed by atoms with E-state index >= 15 is 0 Å². The van der Waals surface area contributed by atoms with E-state index in [2.05, 4.69) is 23.6 Å². The minimum Gasteiger partial charge on any atom is -0.349 e. The maximum atomic E-state index is 12.4. The molecule has 1 aromatic carbocycles. The smallest absolute Gasteiger partial charge is 0.251 e. The lowest BCUT2D eigenvalue weighted by Gasteiger charge is -2.29. The van der Waals surface area contributed by atoms with Crippen molar-refractivity contribution in [3.63, 3.8) is 0 Å². The maximum absolute atomic E-state index is 12.4. The Labute approximate surface area is 139 Å². The summed E-state index contributed by atoms with van der Waals surface area (Å²) >= 11 is 0. The third kappa shape index (κ3) is 4.02. The van der Waals surface area contributed by atoms with Crippen molar-refractivity contribution in [1.29, 1.82) is 0 Å². The van der Waals surface area contributed by atoms with Gasteiger partial charge in [0.1, 0.15) is 0 Å². The lowest BCUT2D eigenvalue weighted by Crippen LogP contribution is -2.37. The van der Waals surface area contributed by atoms with E-state index in [1.807, 2.05) is 12.1 Å². The van der Waals surface area contributed by atoms with Crippen molar-refractivity contribution < 1.29 is 4.79 Å². The van der Waals surface area contributed by atoms with E-state index in [4.69, 9.17) is 0 Å². The van der Waals surface area contributed by atoms with Crippen LogP contribution in [0.5, 0.6) is 0 Å². The average molecular weight is 323 g/mol. The molecule has 1 heterocycles. The molecule has 0 saturated heterocycles. The third-order valence-electron chi connectivity index (χ3n) is 4.98. The van der Waals surface area contributed by atoms with Crippen molar-refractivity contribution in [3.8, 4) is 0 Å². The molecule has 4 heteroatoms. The van der Waals surface area contributed by atoms with E-state index < -0.39 is 0 Å². The molecule has 0 bridgehead atoms. The number of rotatable bonds is 4. The second-order valence-electron chi connectivity index (χ2n) is 6.57. The first kappa shape index (κ1) is 17.3. The quantitative estimate of drug-likeness (QED) is 0.885. The minimum atomic E-state index is 0. The van der Waals surface area contributed by atoms with Gasteiger partial charge >= 0.3 is 0 Å². The Morgan fingerprint density at radius 2 is 1.91 bits per heavy atom. The molecular weight excluding hydrogens is 296 g/mol. The zero-order chi connectivity index (χ0) is 14.7. The first-order valence-corrected chi connectivity index (χ1v) is 8.39. The number of hydrogen-bond acceptors (Lipinski definition) is 2. The van der Waals surface area contributed by atoms with Gasteiger partial charge in [0.05, 0.1) is 0 Å². The van der Waals surface area contributed by atoms with Crippen LogP contribution in [0.4, 0.5) is 0 Å². The van der Waals surface area contributed by atoms with E-state index in [1.54, 1.807) is 0 Å². The molecule has 1 amide bonds. The zero-order valence-corrected chi connectivity index (χ0v) is 14.2. The molecule has 0 radical (unpaired) electrons. The molecule has 3 rings (SSSR count). The van der Waals surface area contributed by atoms with Crippen LogP contribution in [0.15, 0.2) is 18.2 Å². The van der Waals surface area contributed by atoms with Crippen molar-refractivity contribution in [2.75, 3.05) is 0 Å². The van der Waals surface area contributed by atoms with Crippen molar-refractivity contribution in [2.24, 2.45) is 5.92 Å². The fourth-order valence-corrected chi connectivity index (χ4v) is 3.71. The number of halogens is 1. The molecule has 3 nitrogen and oxygen atoms in total. The Kier molecular flexibility index (Phi) is 6.27. The Bertz CT molecular complexity index is 510. The standard InChI is InChI=1S/C18H26N2O.ClH/c1-2-3-13-4-8-17(9-5-13)20-18(21)14-6-7-15-11-19-12-16(15)10-14;/h6-7,10,13,17,19H,2-5,8-9,11-12H2,1H3,(H,20,21);1H. The number of nitrogens with one attached hydrogen (secondary N) is 2. The molecule has 1 aliphatic heterocycles. The SMILES string of the molecule is CCCC1CCC(NC(=O)c2ccc3c(c2)CNC3)CC1.Cl. The minimum absolute atomic E-state index is 0. The second kappa shape index (κ2) is 7.98. The summed E-state index contributed by atoms with van der Waals surface area (Å²) in [4.78, 5) is 12.4. The molecule has 0 aromatic heterocycles. The van der Waals surface area contributed by atoms with Crippen LogP contribution >= 0.6 is 12.4 Å². The summed E-state index contributed by atoms with van der Waals surface area (Å²) in [5.41, 5.74) is 3.41. The number of carbonyl (C=O) groups excluding carboxylic acids is 1. The monoisotopic (exact) mass is 322 g/mol. The number of hydrogen-bond donors (Lipinski definition) is 2. The molecule has 1 fully saturated rings. The summed E-state index contributed by atoms with van der Waals surface area (Å²) in [5, 5.41) is 6.55. The number of benzene rings is 1. The van der Waals surface area contributed by atoms with E-state index in [0.717, 1.165) is 37.4 Å². The first-order chi connectivity index (χ1) is 10.3. The lowest BCUT2D eigenvalue weighted by atomic mass is 9.83. The Morgan fingerprint density at radius 1 is 1.18 bits per heavy atom. The molecule has 2 aliphatic rings. The van der Waals surface area contributed by atoms with Crippen molar-refractivity contribution in [3.05, 3.63) is 34.9 Å². The Balaban J connectivity index is 0.00000176. The maximum Gasteiger partial charge on any atom is 0.251 e. The zero-order valence-electron chi connectivity index (χ0n) is 13.4. The van der Waals surface area contributed by atoms with Gasteiger partial charge in [-0.3, -0.25) is 4.79 Å². The van der Waals surface area contributed by atoms with Crippen LogP contribution in [-0.2, 0) is 13.1 Å². The average Bonchev–Trinajstić information content (AvgIpc) is 2.97. The summed E-state index contributed by atoms with van der Waals surface area (Å²) < 4.78 is 0. The Morgan fingerprint density at radius 3 is 2.64 bits per heavy atom. The molecule has 0 spiro atoms. The predicted molar refractivity (Wildman–Crippen MR) is 92.4 cm³/mol. The van der Waals surface area contributed by atoms with Crippen LogP contribution < -0.4 is 10.6 Å². The summed E-state index contributed by atoms with van der Waals surface area (Å²) in [6.07, 6.45) is 7.45. The van der Waals surface area contributed by atoms with E-state index in [1.165, 1.54) is 36.8 Å². The number of carbonyl (C=O) groups is 1. The highest BCUT2D eigenvalue weighted by Gasteiger charge is 2.22. The molecule has 2 N–H and O–H groups in total. The van der Waals surface area contributed by atoms with Gasteiger partial charge < -0.3 is 10.6 Å². The molecule has 122 valence electrons. The lowest BCUT2D eigenvalue weighted by molar-refractivity contribution is 0.0921. The van der Waals surface area contributed by atoms with Gasteiger partial charge in [-0.15, -0.1) is 12.4 Å². The molecular formula is C18H27ClN2O. The normalized spacial score (nSPS) is 23.5. The van der Waals surface area contributed by atoms with Gasteiger partial charge in [-0.1, -0.05) is 25.8 Å². The summed E-state index contributed by atoms with van der Waals surface area (Å²) in [6, 6.07) is 6.47. The van der Waals surface area contributed by atoms with Crippen molar-refractivity contribution in [2.45, 2.75) is 64.6 Å². The van der Waals surface area contributed by atoms with Crippen molar-refractivity contribution in [1.82, 2.24) is 10.6 Å². The molecule has 0 atom stereocenters. The molecule has 0 unspecified atom stereocenters. The summed E-state index contributed by atoms with van der Waals surface area (Å²) in [7, 11) is 0. The predicted octanol–water partition coefficient (Wildman–Crippen LogP) is 3.80. The first-order valence-electron chi connectivity index (χ1n) is 8.39. The van der Waals surface area contributed by atoms with Gasteiger partial charge in [0.15, 0.2) is 0 Å². The van der Waals surface area contributed by atoms with Gasteiger partial charge in [0.2, 0.25) is 0 Å². The van der Waals surface area contributed by atoms with E-state index in [-0.39, 0.29) is 18.3 Å². The third-order valence-corrected chi connectivity index (χ3v) is 4.98. The van der Waals surface area contributed by atoms with Crippen molar-refractivity contribution >= 4 is 18.3 Å². The van der Waals surface area contributed by atoms with Crippen LogP contribution in [0.1, 0.15) is 66.9 Å². The Hall–Kier alpha value is -1.06. The fraction of sp³-hybridized carbons (Fsp3) is 0.611. The molecule has 22 heavy (non-hydrogen) atoms. The topological polar surface area (TPSA) is 41.1 Å². The van der Waals surface area contributed by atoms with E-state index in [9.17, 15) is 4.79 Å². The highest BCUT2D eigenvalue weighted by molar-refractivity contribution is 5.94. The molecule has 1 aliphatic carbocycles. The second-order valence-corrected chi connectivity index (χ2v) is 6.57. The van der Waals surface area contributed by atoms with Crippen LogP contribution in [0.25, 0.3) is 0 Å². The van der Waals surface area contributed by atoms with Gasteiger partial charge in [-0.2, -0.15) is 0 Å². The highest BCUT2D eigenvalue weighted by Crippen LogP contribution is 2.28. The van der Waals surface area contributed by atoms with Crippen LogP contribution in [0, 0.1) is 5.92 Å². The van der Waals surface area contributed by atoms with E-state index in [0.29, 0.717) is 6.04 Å². The van der Waals surface area contributed by atoms with Gasteiger partial charge in [0.25, 0.3) is 5.91 Å². The summed E-state index contributed by atoms with van der Waals surface area (Å²) in [6.45, 7) is 4.08. The summed E-state index contributed by atoms with van der Waals surface area (Å²) in [5.74, 6) is 0.984.